The molecule has 1 heterocycles. The predicted octanol–water partition coefficient (Wildman–Crippen LogP) is 3.90. The summed E-state index contributed by atoms with van der Waals surface area (Å²) in [5, 5.41) is 1.13. The van der Waals surface area contributed by atoms with Crippen LogP contribution in [0.3, 0.4) is 0 Å². The second-order valence-corrected chi connectivity index (χ2v) is 5.35. The van der Waals surface area contributed by atoms with Crippen LogP contribution in [-0.4, -0.2) is 10.4 Å². The van der Waals surface area contributed by atoms with Crippen LogP contribution in [0.25, 0.3) is 10.9 Å². The summed E-state index contributed by atoms with van der Waals surface area (Å²) in [5.41, 5.74) is 3.09. The summed E-state index contributed by atoms with van der Waals surface area (Å²) in [4.78, 5) is 12.2. The molecule has 0 N–H and O–H groups in total. The average molecular weight is 281 g/mol. The second kappa shape index (κ2) is 5.52. The molecule has 0 aliphatic heterocycles. The molecule has 0 bridgehead atoms. The van der Waals surface area contributed by atoms with Gasteiger partial charge in [-0.05, 0) is 47.7 Å². The highest BCUT2D eigenvalue weighted by molar-refractivity contribution is 5.85. The standard InChI is InChI=1S/C18H16FNO/c1-13-2-5-15-8-9-20(18(15)10-13)12-17(21)11-14-3-6-16(19)7-4-14/h2-10H,11-12H2,1H3. The van der Waals surface area contributed by atoms with Crippen molar-refractivity contribution in [1.29, 1.82) is 0 Å². The number of hydrogen-bond acceptors (Lipinski definition) is 1. The van der Waals surface area contributed by atoms with Crippen molar-refractivity contribution in [1.82, 2.24) is 4.57 Å². The summed E-state index contributed by atoms with van der Waals surface area (Å²) in [7, 11) is 0. The van der Waals surface area contributed by atoms with Crippen molar-refractivity contribution >= 4 is 16.7 Å². The van der Waals surface area contributed by atoms with Gasteiger partial charge in [-0.25, -0.2) is 4.39 Å². The molecule has 0 spiro atoms. The van der Waals surface area contributed by atoms with E-state index in [1.54, 1.807) is 12.1 Å². The van der Waals surface area contributed by atoms with Crippen LogP contribution < -0.4 is 0 Å². The maximum atomic E-state index is 12.9. The normalized spacial score (nSPS) is 11.0. The van der Waals surface area contributed by atoms with Crippen molar-refractivity contribution < 1.29 is 9.18 Å². The van der Waals surface area contributed by atoms with E-state index in [1.165, 1.54) is 17.7 Å². The van der Waals surface area contributed by atoms with Gasteiger partial charge in [0, 0.05) is 18.1 Å². The first kappa shape index (κ1) is 13.6. The molecular formula is C18H16FNO. The van der Waals surface area contributed by atoms with Gasteiger partial charge in [-0.1, -0.05) is 24.3 Å². The molecule has 21 heavy (non-hydrogen) atoms. The van der Waals surface area contributed by atoms with E-state index in [2.05, 4.69) is 18.2 Å². The van der Waals surface area contributed by atoms with E-state index < -0.39 is 0 Å². The van der Waals surface area contributed by atoms with Gasteiger partial charge in [0.05, 0.1) is 6.54 Å². The van der Waals surface area contributed by atoms with E-state index in [0.29, 0.717) is 13.0 Å². The first-order valence-corrected chi connectivity index (χ1v) is 6.93. The Morgan fingerprint density at radius 1 is 1.10 bits per heavy atom. The van der Waals surface area contributed by atoms with Crippen LogP contribution in [0.1, 0.15) is 11.1 Å². The van der Waals surface area contributed by atoms with Gasteiger partial charge in [-0.2, -0.15) is 0 Å². The highest BCUT2D eigenvalue weighted by Gasteiger charge is 2.08. The smallest absolute Gasteiger partial charge is 0.156 e. The van der Waals surface area contributed by atoms with Crippen molar-refractivity contribution in [2.24, 2.45) is 0 Å². The molecule has 0 aliphatic rings. The van der Waals surface area contributed by atoms with Gasteiger partial charge in [0.15, 0.2) is 5.78 Å². The lowest BCUT2D eigenvalue weighted by atomic mass is 10.1. The molecule has 0 fully saturated rings. The number of hydrogen-bond donors (Lipinski definition) is 0. The van der Waals surface area contributed by atoms with Gasteiger partial charge in [0.1, 0.15) is 5.82 Å². The number of halogens is 1. The number of carbonyl (C=O) groups excluding carboxylic acids is 1. The Balaban J connectivity index is 1.77. The molecule has 0 unspecified atom stereocenters. The molecule has 2 nitrogen and oxygen atoms in total. The number of nitrogens with zero attached hydrogens (tertiary/aromatic N) is 1. The molecular weight excluding hydrogens is 265 g/mol. The number of carbonyl (C=O) groups is 1. The lowest BCUT2D eigenvalue weighted by Gasteiger charge is -2.06. The summed E-state index contributed by atoms with van der Waals surface area (Å²) in [6, 6.07) is 14.3. The Morgan fingerprint density at radius 3 is 2.62 bits per heavy atom. The summed E-state index contributed by atoms with van der Waals surface area (Å²) in [6.07, 6.45) is 2.26. The SMILES string of the molecule is Cc1ccc2ccn(CC(=O)Cc3ccc(F)cc3)c2c1. The van der Waals surface area contributed by atoms with Crippen LogP contribution in [0.4, 0.5) is 4.39 Å². The molecule has 0 aliphatic carbocycles. The third kappa shape index (κ3) is 3.02. The third-order valence-corrected chi connectivity index (χ3v) is 3.59. The Kier molecular flexibility index (Phi) is 3.57. The molecule has 0 saturated heterocycles. The molecule has 0 radical (unpaired) electrons. The zero-order valence-electron chi connectivity index (χ0n) is 11.8. The Bertz CT molecular complexity index is 787. The van der Waals surface area contributed by atoms with Crippen LogP contribution in [-0.2, 0) is 17.8 Å². The van der Waals surface area contributed by atoms with Gasteiger partial charge < -0.3 is 4.57 Å². The molecule has 2 aromatic carbocycles. The predicted molar refractivity (Wildman–Crippen MR) is 81.8 cm³/mol. The molecule has 3 aromatic rings. The van der Waals surface area contributed by atoms with Crippen molar-refractivity contribution in [2.75, 3.05) is 0 Å². The van der Waals surface area contributed by atoms with E-state index in [4.69, 9.17) is 0 Å². The third-order valence-electron chi connectivity index (χ3n) is 3.59. The summed E-state index contributed by atoms with van der Waals surface area (Å²) in [6.45, 7) is 2.38. The average Bonchev–Trinajstić information content (AvgIpc) is 2.84. The Morgan fingerprint density at radius 2 is 1.86 bits per heavy atom. The highest BCUT2D eigenvalue weighted by atomic mass is 19.1. The van der Waals surface area contributed by atoms with Crippen molar-refractivity contribution in [3.63, 3.8) is 0 Å². The van der Waals surface area contributed by atoms with Gasteiger partial charge in [-0.15, -0.1) is 0 Å². The fraction of sp³-hybridized carbons (Fsp3) is 0.167. The van der Waals surface area contributed by atoms with E-state index in [1.807, 2.05) is 23.8 Å². The lowest BCUT2D eigenvalue weighted by Crippen LogP contribution is -2.11. The molecule has 0 atom stereocenters. The van der Waals surface area contributed by atoms with Gasteiger partial charge in [-0.3, -0.25) is 4.79 Å². The molecule has 0 amide bonds. The first-order chi connectivity index (χ1) is 10.1. The van der Waals surface area contributed by atoms with Crippen molar-refractivity contribution in [2.45, 2.75) is 19.9 Å². The Labute approximate surface area is 122 Å². The molecule has 106 valence electrons. The minimum Gasteiger partial charge on any atom is -0.340 e. The number of benzene rings is 2. The zero-order chi connectivity index (χ0) is 14.8. The van der Waals surface area contributed by atoms with E-state index >= 15 is 0 Å². The topological polar surface area (TPSA) is 22.0 Å². The fourth-order valence-corrected chi connectivity index (χ4v) is 2.51. The minimum absolute atomic E-state index is 0.112. The van der Waals surface area contributed by atoms with Crippen molar-refractivity contribution in [3.8, 4) is 0 Å². The second-order valence-electron chi connectivity index (χ2n) is 5.35. The van der Waals surface area contributed by atoms with Crippen LogP contribution in [0, 0.1) is 12.7 Å². The molecule has 0 saturated carbocycles. The summed E-state index contributed by atoms with van der Waals surface area (Å²) < 4.78 is 14.8. The van der Waals surface area contributed by atoms with E-state index in [9.17, 15) is 9.18 Å². The van der Waals surface area contributed by atoms with Gasteiger partial charge >= 0.3 is 0 Å². The first-order valence-electron chi connectivity index (χ1n) is 6.93. The fourth-order valence-electron chi connectivity index (χ4n) is 2.51. The summed E-state index contributed by atoms with van der Waals surface area (Å²) >= 11 is 0. The highest BCUT2D eigenvalue weighted by Crippen LogP contribution is 2.17. The zero-order valence-corrected chi connectivity index (χ0v) is 11.8. The lowest BCUT2D eigenvalue weighted by molar-refractivity contribution is -0.118. The number of ketones is 1. The van der Waals surface area contributed by atoms with E-state index in [0.717, 1.165) is 16.5 Å². The van der Waals surface area contributed by atoms with Crippen molar-refractivity contribution in [3.05, 3.63) is 71.7 Å². The minimum atomic E-state index is -0.280. The molecule has 3 rings (SSSR count). The van der Waals surface area contributed by atoms with E-state index in [-0.39, 0.29) is 11.6 Å². The maximum absolute atomic E-state index is 12.9. The number of aromatic nitrogens is 1. The molecule has 1 aromatic heterocycles. The quantitative estimate of drug-likeness (QED) is 0.711. The van der Waals surface area contributed by atoms with Crippen LogP contribution in [0.5, 0.6) is 0 Å². The van der Waals surface area contributed by atoms with Crippen LogP contribution >= 0.6 is 0 Å². The molecule has 3 heteroatoms. The maximum Gasteiger partial charge on any atom is 0.156 e. The number of aryl methyl sites for hydroxylation is 1. The monoisotopic (exact) mass is 281 g/mol. The Hall–Kier alpha value is -2.42. The summed E-state index contributed by atoms with van der Waals surface area (Å²) in [5.74, 6) is -0.168. The van der Waals surface area contributed by atoms with Gasteiger partial charge in [0.25, 0.3) is 0 Å². The number of rotatable bonds is 4. The van der Waals surface area contributed by atoms with Crippen LogP contribution in [0.2, 0.25) is 0 Å². The number of fused-ring (bicyclic) bond motifs is 1. The van der Waals surface area contributed by atoms with Gasteiger partial charge in [0.2, 0.25) is 0 Å². The van der Waals surface area contributed by atoms with Crippen LogP contribution in [0.15, 0.2) is 54.7 Å². The largest absolute Gasteiger partial charge is 0.340 e. The number of Topliss-reactive ketones (excluding diaryl/α,β-unsaturated/α-hetero) is 1.